The van der Waals surface area contributed by atoms with Crippen LogP contribution in [0.2, 0.25) is 0 Å². The summed E-state index contributed by atoms with van der Waals surface area (Å²) in [6, 6.07) is 1.96. The van der Waals surface area contributed by atoms with Gasteiger partial charge in [-0.15, -0.1) is 0 Å². The lowest BCUT2D eigenvalue weighted by Crippen LogP contribution is -2.65. The van der Waals surface area contributed by atoms with Gasteiger partial charge in [0.2, 0.25) is 5.91 Å². The van der Waals surface area contributed by atoms with Crippen LogP contribution >= 0.6 is 0 Å². The van der Waals surface area contributed by atoms with E-state index in [1.54, 1.807) is 9.58 Å². The lowest BCUT2D eigenvalue weighted by molar-refractivity contribution is -0.133. The molecule has 2 unspecified atom stereocenters. The second-order valence-electron chi connectivity index (χ2n) is 10.9. The molecule has 1 aromatic heterocycles. The number of nitrogens with one attached hydrogen (secondary N) is 1. The van der Waals surface area contributed by atoms with Crippen molar-refractivity contribution in [2.24, 2.45) is 0 Å². The fourth-order valence-corrected chi connectivity index (χ4v) is 4.20. The van der Waals surface area contributed by atoms with Gasteiger partial charge >= 0.3 is 0 Å². The molecule has 1 aliphatic rings. The van der Waals surface area contributed by atoms with Crippen molar-refractivity contribution in [1.82, 2.24) is 20.0 Å². The van der Waals surface area contributed by atoms with Crippen molar-refractivity contribution in [2.45, 2.75) is 104 Å². The van der Waals surface area contributed by atoms with Gasteiger partial charge in [-0.1, -0.05) is 84.8 Å². The summed E-state index contributed by atoms with van der Waals surface area (Å²) < 4.78 is 1.71. The van der Waals surface area contributed by atoms with E-state index < -0.39 is 5.54 Å². The first-order chi connectivity index (χ1) is 15.8. The standard InChI is InChI=1S/C28H44N4O2/c1-10-12-14-22(13-11-2)29-26(34)28(9)19-32-23(17-24(30-32)27(6,7)8)25(33)31(28)18-21(5)16-15-20(3)4/h15-17,22H,3,5,10-14,18-19H2,1-2,4,6-9H3,(H,29,34)/b16-15-. The van der Waals surface area contributed by atoms with Gasteiger partial charge in [0.15, 0.2) is 0 Å². The number of unbranched alkanes of at least 4 members (excludes halogenated alkanes) is 1. The van der Waals surface area contributed by atoms with Gasteiger partial charge in [0.1, 0.15) is 11.2 Å². The number of fused-ring (bicyclic) bond motifs is 1. The first-order valence-electron chi connectivity index (χ1n) is 12.6. The van der Waals surface area contributed by atoms with Crippen LogP contribution in [0.4, 0.5) is 0 Å². The topological polar surface area (TPSA) is 67.2 Å². The quantitative estimate of drug-likeness (QED) is 0.432. The number of carbonyl (C=O) groups excluding carboxylic acids is 2. The maximum Gasteiger partial charge on any atom is 0.273 e. The predicted molar refractivity (Wildman–Crippen MR) is 140 cm³/mol. The molecule has 0 bridgehead atoms. The third-order valence-corrected chi connectivity index (χ3v) is 6.40. The monoisotopic (exact) mass is 468 g/mol. The van der Waals surface area contributed by atoms with Crippen molar-refractivity contribution >= 4 is 11.8 Å². The smallest absolute Gasteiger partial charge is 0.273 e. The fourth-order valence-electron chi connectivity index (χ4n) is 4.20. The number of hydrogen-bond donors (Lipinski definition) is 1. The second kappa shape index (κ2) is 11.2. The minimum absolute atomic E-state index is 0.0990. The van der Waals surface area contributed by atoms with Gasteiger partial charge in [-0.3, -0.25) is 14.3 Å². The molecular weight excluding hydrogens is 424 g/mol. The summed E-state index contributed by atoms with van der Waals surface area (Å²) >= 11 is 0. The molecule has 1 N–H and O–H groups in total. The molecule has 1 aromatic rings. The van der Waals surface area contributed by atoms with Crippen LogP contribution in [0.1, 0.15) is 96.8 Å². The van der Waals surface area contributed by atoms with E-state index >= 15 is 0 Å². The summed E-state index contributed by atoms with van der Waals surface area (Å²) in [7, 11) is 0. The molecule has 34 heavy (non-hydrogen) atoms. The first-order valence-corrected chi connectivity index (χ1v) is 12.6. The van der Waals surface area contributed by atoms with Gasteiger partial charge in [0.25, 0.3) is 5.91 Å². The van der Waals surface area contributed by atoms with Crippen molar-refractivity contribution in [3.63, 3.8) is 0 Å². The third-order valence-electron chi connectivity index (χ3n) is 6.40. The van der Waals surface area contributed by atoms with Gasteiger partial charge < -0.3 is 10.2 Å². The average Bonchev–Trinajstić information content (AvgIpc) is 3.18. The fraction of sp³-hybridized carbons (Fsp3) is 0.607. The Morgan fingerprint density at radius 1 is 1.24 bits per heavy atom. The zero-order chi connectivity index (χ0) is 25.7. The van der Waals surface area contributed by atoms with Crippen molar-refractivity contribution in [2.75, 3.05) is 6.54 Å². The van der Waals surface area contributed by atoms with E-state index in [1.165, 1.54) is 0 Å². The average molecular weight is 469 g/mol. The highest BCUT2D eigenvalue weighted by Crippen LogP contribution is 2.31. The second-order valence-corrected chi connectivity index (χ2v) is 10.9. The van der Waals surface area contributed by atoms with Crippen LogP contribution in [-0.4, -0.2) is 44.6 Å². The number of aromatic nitrogens is 2. The molecule has 2 amide bonds. The SMILES string of the molecule is C=C(C)/C=C\C(=C)CN1C(=O)c2cc(C(C)(C)C)nn2CC1(C)C(=O)NC(CCC)CCCC. The van der Waals surface area contributed by atoms with Crippen LogP contribution in [0.15, 0.2) is 42.5 Å². The van der Waals surface area contributed by atoms with E-state index in [1.807, 2.05) is 32.1 Å². The lowest BCUT2D eigenvalue weighted by Gasteiger charge is -2.44. The van der Waals surface area contributed by atoms with E-state index in [4.69, 9.17) is 5.10 Å². The van der Waals surface area contributed by atoms with E-state index in [9.17, 15) is 9.59 Å². The number of carbonyl (C=O) groups is 2. The Labute approximate surface area is 206 Å². The minimum atomic E-state index is -1.08. The Balaban J connectivity index is 2.45. The maximum atomic E-state index is 13.8. The summed E-state index contributed by atoms with van der Waals surface area (Å²) in [5.41, 5.74) is 1.72. The van der Waals surface area contributed by atoms with Gasteiger partial charge in [0, 0.05) is 18.0 Å². The number of nitrogens with zero attached hydrogens (tertiary/aromatic N) is 3. The van der Waals surface area contributed by atoms with Crippen LogP contribution in [0, 0.1) is 0 Å². The predicted octanol–water partition coefficient (Wildman–Crippen LogP) is 5.56. The molecular formula is C28H44N4O2. The highest BCUT2D eigenvalue weighted by Gasteiger charge is 2.48. The normalized spacial score (nSPS) is 19.3. The molecule has 0 fully saturated rings. The summed E-state index contributed by atoms with van der Waals surface area (Å²) in [5, 5.41) is 8.00. The summed E-state index contributed by atoms with van der Waals surface area (Å²) in [6.07, 6.45) is 8.74. The van der Waals surface area contributed by atoms with Crippen LogP contribution in [-0.2, 0) is 16.8 Å². The van der Waals surface area contributed by atoms with E-state index in [2.05, 4.69) is 53.1 Å². The number of hydrogen-bond acceptors (Lipinski definition) is 3. The summed E-state index contributed by atoms with van der Waals surface area (Å²) in [6.45, 7) is 22.9. The number of rotatable bonds is 11. The molecule has 0 spiro atoms. The molecule has 2 atom stereocenters. The molecule has 0 aromatic carbocycles. The third kappa shape index (κ3) is 6.49. The summed E-state index contributed by atoms with van der Waals surface area (Å²) in [5.74, 6) is -0.331. The Morgan fingerprint density at radius 2 is 1.91 bits per heavy atom. The van der Waals surface area contributed by atoms with Crippen LogP contribution in [0.5, 0.6) is 0 Å². The molecule has 188 valence electrons. The Morgan fingerprint density at radius 3 is 2.47 bits per heavy atom. The number of allylic oxidation sites excluding steroid dienone is 2. The van der Waals surface area contributed by atoms with E-state index in [-0.39, 0.29) is 29.8 Å². The summed E-state index contributed by atoms with van der Waals surface area (Å²) in [4.78, 5) is 29.2. The van der Waals surface area contributed by atoms with Crippen LogP contribution in [0.25, 0.3) is 0 Å². The van der Waals surface area contributed by atoms with Gasteiger partial charge in [-0.05, 0) is 38.3 Å². The van der Waals surface area contributed by atoms with Gasteiger partial charge in [-0.25, -0.2) is 0 Å². The molecule has 2 rings (SSSR count). The Bertz CT molecular complexity index is 950. The number of amides is 2. The molecule has 0 saturated heterocycles. The minimum Gasteiger partial charge on any atom is -0.351 e. The highest BCUT2D eigenvalue weighted by atomic mass is 16.2. The molecule has 0 aliphatic carbocycles. The molecule has 6 heteroatoms. The van der Waals surface area contributed by atoms with E-state index in [0.717, 1.165) is 48.9 Å². The molecule has 0 radical (unpaired) electrons. The highest BCUT2D eigenvalue weighted by molar-refractivity contribution is 6.00. The zero-order valence-electron chi connectivity index (χ0n) is 22.3. The van der Waals surface area contributed by atoms with Crippen molar-refractivity contribution in [1.29, 1.82) is 0 Å². The van der Waals surface area contributed by atoms with Crippen molar-refractivity contribution < 1.29 is 9.59 Å². The zero-order valence-corrected chi connectivity index (χ0v) is 22.3. The first kappa shape index (κ1) is 27.6. The maximum absolute atomic E-state index is 13.8. The molecule has 1 aliphatic heterocycles. The van der Waals surface area contributed by atoms with Gasteiger partial charge in [0.05, 0.1) is 12.2 Å². The van der Waals surface area contributed by atoms with Crippen LogP contribution < -0.4 is 5.32 Å². The van der Waals surface area contributed by atoms with Crippen molar-refractivity contribution in [3.8, 4) is 0 Å². The van der Waals surface area contributed by atoms with Gasteiger partial charge in [-0.2, -0.15) is 5.10 Å². The molecule has 6 nitrogen and oxygen atoms in total. The molecule has 2 heterocycles. The van der Waals surface area contributed by atoms with E-state index in [0.29, 0.717) is 12.2 Å². The molecule has 0 saturated carbocycles. The van der Waals surface area contributed by atoms with Crippen molar-refractivity contribution in [3.05, 3.63) is 53.9 Å². The Hall–Kier alpha value is -2.63. The lowest BCUT2D eigenvalue weighted by atomic mass is 9.91. The van der Waals surface area contributed by atoms with Crippen LogP contribution in [0.3, 0.4) is 0 Å². The Kier molecular flexibility index (Phi) is 9.09. The largest absolute Gasteiger partial charge is 0.351 e.